The summed E-state index contributed by atoms with van der Waals surface area (Å²) in [5.74, 6) is -1.25. The number of phosphoric ester groups is 1. The topological polar surface area (TPSA) is 54.5 Å². The number of hydrogen-bond acceptors (Lipinski definition) is 7. The van der Waals surface area contributed by atoms with Gasteiger partial charge in [-0.15, -0.1) is 0 Å². The Bertz CT molecular complexity index is 798. The third kappa shape index (κ3) is 9.86. The van der Waals surface area contributed by atoms with Crippen molar-refractivity contribution >= 4 is 129 Å². The fourth-order valence-electron chi connectivity index (χ4n) is 1.46. The van der Waals surface area contributed by atoms with E-state index in [2.05, 4.69) is 0 Å². The van der Waals surface area contributed by atoms with Gasteiger partial charge in [-0.3, -0.25) is 0 Å². The second-order valence-electron chi connectivity index (χ2n) is 6.09. The van der Waals surface area contributed by atoms with Gasteiger partial charge in [-0.25, -0.2) is 0 Å². The summed E-state index contributed by atoms with van der Waals surface area (Å²) in [5, 5.41) is 0. The zero-order chi connectivity index (χ0) is 25.5. The zero-order valence-corrected chi connectivity index (χ0v) is 25.3. The van der Waals surface area contributed by atoms with E-state index in [1.165, 1.54) is 14.7 Å². The van der Waals surface area contributed by atoms with Gasteiger partial charge in [0.1, 0.15) is 15.0 Å². The van der Waals surface area contributed by atoms with Crippen molar-refractivity contribution in [3.05, 3.63) is 30.8 Å². The molecule has 0 amide bonds. The van der Waals surface area contributed by atoms with Gasteiger partial charge < -0.3 is 28.3 Å². The molecule has 0 saturated heterocycles. The average Bonchev–Trinajstić information content (AvgIpc) is 2.66. The van der Waals surface area contributed by atoms with Crippen LogP contribution in [0.15, 0.2) is 30.8 Å². The summed E-state index contributed by atoms with van der Waals surface area (Å²) >= 11 is 51.0. The maximum atomic E-state index is 13.8. The average molecular weight is 644 g/mol. The molecule has 0 aliphatic heterocycles. The van der Waals surface area contributed by atoms with Crippen LogP contribution in [0, 0.1) is 0 Å². The molecule has 0 spiro atoms. The lowest BCUT2D eigenvalue weighted by atomic mass is 10.5. The first-order chi connectivity index (χ1) is 14.4. The summed E-state index contributed by atoms with van der Waals surface area (Å²) in [6.07, 6.45) is 0. The standard InChI is InChI=1S/C15H18Cl6N3O4PS3/c1-22(2)13(30)7(10(16)17)26-29(25,27-8(11(18)19)14(31)23(3)4)28-9(12(20)21)15(32)24(5)6/h1-6H3. The Hall–Kier alpha value is 0.260. The van der Waals surface area contributed by atoms with Crippen molar-refractivity contribution in [3.8, 4) is 0 Å². The van der Waals surface area contributed by atoms with Crippen LogP contribution in [-0.2, 0) is 18.1 Å². The van der Waals surface area contributed by atoms with Gasteiger partial charge in [0.15, 0.2) is 30.8 Å². The number of halogens is 6. The molecule has 0 radical (unpaired) electrons. The molecule has 0 aromatic rings. The van der Waals surface area contributed by atoms with Gasteiger partial charge in [0.2, 0.25) is 0 Å². The van der Waals surface area contributed by atoms with E-state index >= 15 is 0 Å². The molecule has 182 valence electrons. The Morgan fingerprint density at radius 3 is 0.875 bits per heavy atom. The number of rotatable bonds is 9. The first-order valence-electron chi connectivity index (χ1n) is 7.94. The van der Waals surface area contributed by atoms with E-state index in [-0.39, 0.29) is 15.0 Å². The third-order valence-electron chi connectivity index (χ3n) is 2.93. The maximum Gasteiger partial charge on any atom is 0.647 e. The van der Waals surface area contributed by atoms with Crippen LogP contribution in [0.2, 0.25) is 0 Å². The molecular formula is C15H18Cl6N3O4PS3. The molecule has 0 aliphatic rings. The molecule has 7 nitrogen and oxygen atoms in total. The van der Waals surface area contributed by atoms with Gasteiger partial charge in [0.05, 0.1) is 0 Å². The minimum Gasteiger partial charge on any atom is -0.380 e. The Kier molecular flexibility index (Phi) is 14.1. The Labute approximate surface area is 233 Å². The van der Waals surface area contributed by atoms with Crippen LogP contribution < -0.4 is 0 Å². The van der Waals surface area contributed by atoms with Crippen LogP contribution in [0.5, 0.6) is 0 Å². The molecule has 0 aromatic carbocycles. The number of nitrogens with zero attached hydrogens (tertiary/aromatic N) is 3. The predicted molar refractivity (Wildman–Crippen MR) is 146 cm³/mol. The molecule has 0 atom stereocenters. The highest BCUT2D eigenvalue weighted by atomic mass is 35.5. The van der Waals surface area contributed by atoms with Crippen molar-refractivity contribution in [3.63, 3.8) is 0 Å². The molecule has 0 aromatic heterocycles. The fraction of sp³-hybridized carbons (Fsp3) is 0.400. The van der Waals surface area contributed by atoms with Gasteiger partial charge in [0.25, 0.3) is 0 Å². The van der Waals surface area contributed by atoms with E-state index < -0.39 is 38.6 Å². The van der Waals surface area contributed by atoms with Gasteiger partial charge >= 0.3 is 7.82 Å². The van der Waals surface area contributed by atoms with Gasteiger partial charge in [-0.05, 0) is 0 Å². The van der Waals surface area contributed by atoms with Crippen molar-refractivity contribution in [2.75, 3.05) is 42.3 Å². The lowest BCUT2D eigenvalue weighted by Gasteiger charge is -2.27. The molecule has 17 heteroatoms. The molecule has 0 saturated carbocycles. The number of likely N-dealkylation sites (N-methyl/N-ethyl adjacent to an activating group) is 3. The summed E-state index contributed by atoms with van der Waals surface area (Å²) in [6.45, 7) is 0. The van der Waals surface area contributed by atoms with Gasteiger partial charge in [-0.1, -0.05) is 106 Å². The molecule has 0 fully saturated rings. The molecule has 32 heavy (non-hydrogen) atoms. The summed E-state index contributed by atoms with van der Waals surface area (Å²) in [6, 6.07) is 0. The number of hydrogen-bond donors (Lipinski definition) is 0. The first-order valence-corrected chi connectivity index (χ1v) is 12.9. The second kappa shape index (κ2) is 14.0. The van der Waals surface area contributed by atoms with E-state index in [4.69, 9.17) is 120 Å². The number of phosphoric acid groups is 1. The highest BCUT2D eigenvalue weighted by Gasteiger charge is 2.41. The summed E-state index contributed by atoms with van der Waals surface area (Å²) in [4.78, 5) is 4.08. The van der Waals surface area contributed by atoms with E-state index in [1.54, 1.807) is 42.3 Å². The smallest absolute Gasteiger partial charge is 0.380 e. The second-order valence-corrected chi connectivity index (χ2v) is 11.5. The molecular weight excluding hydrogens is 626 g/mol. The molecule has 0 aliphatic carbocycles. The fourth-order valence-corrected chi connectivity index (χ4v) is 4.82. The SMILES string of the molecule is CN(C)C(=S)C(OP(=O)(OC(C(=S)N(C)C)=C(Cl)Cl)OC(C(=S)N(C)C)=C(Cl)Cl)=C(Cl)Cl. The van der Waals surface area contributed by atoms with Crippen LogP contribution in [0.3, 0.4) is 0 Å². The minimum absolute atomic E-state index is 0.0483. The Morgan fingerprint density at radius 1 is 0.562 bits per heavy atom. The highest BCUT2D eigenvalue weighted by Crippen LogP contribution is 2.57. The molecule has 0 N–H and O–H groups in total. The normalized spacial score (nSPS) is 10.4. The molecule has 0 rings (SSSR count). The van der Waals surface area contributed by atoms with Crippen LogP contribution in [0.1, 0.15) is 0 Å². The predicted octanol–water partition coefficient (Wildman–Crippen LogP) is 6.75. The van der Waals surface area contributed by atoms with Crippen molar-refractivity contribution in [1.29, 1.82) is 0 Å². The van der Waals surface area contributed by atoms with E-state index in [1.807, 2.05) is 0 Å². The van der Waals surface area contributed by atoms with Crippen LogP contribution in [-0.4, -0.2) is 72.0 Å². The maximum absolute atomic E-state index is 13.8. The van der Waals surface area contributed by atoms with Crippen molar-refractivity contribution in [2.45, 2.75) is 0 Å². The Balaban J connectivity index is 6.74. The summed E-state index contributed by atoms with van der Waals surface area (Å²) in [7, 11) is 4.56. The molecule has 0 bridgehead atoms. The van der Waals surface area contributed by atoms with Crippen molar-refractivity contribution in [1.82, 2.24) is 14.7 Å². The van der Waals surface area contributed by atoms with Crippen LogP contribution >= 0.6 is 114 Å². The first kappa shape index (κ1) is 32.3. The summed E-state index contributed by atoms with van der Waals surface area (Å²) in [5.41, 5.74) is 0. The Morgan fingerprint density at radius 2 is 0.750 bits per heavy atom. The molecule has 0 heterocycles. The van der Waals surface area contributed by atoms with Crippen LogP contribution in [0.4, 0.5) is 0 Å². The van der Waals surface area contributed by atoms with Gasteiger partial charge in [-0.2, -0.15) is 4.57 Å². The van der Waals surface area contributed by atoms with Crippen molar-refractivity contribution < 1.29 is 18.1 Å². The van der Waals surface area contributed by atoms with E-state index in [0.29, 0.717) is 0 Å². The van der Waals surface area contributed by atoms with E-state index in [9.17, 15) is 4.57 Å². The highest BCUT2D eigenvalue weighted by molar-refractivity contribution is 7.81. The largest absolute Gasteiger partial charge is 0.647 e. The van der Waals surface area contributed by atoms with Gasteiger partial charge in [0, 0.05) is 42.3 Å². The molecule has 0 unspecified atom stereocenters. The zero-order valence-electron chi connectivity index (χ0n) is 17.4. The summed E-state index contributed by atoms with van der Waals surface area (Å²) < 4.78 is 28.6. The lowest BCUT2D eigenvalue weighted by molar-refractivity contribution is 0.208. The number of thiocarbonyl (C=S) groups is 3. The quantitative estimate of drug-likeness (QED) is 0.117. The van der Waals surface area contributed by atoms with Crippen LogP contribution in [0.25, 0.3) is 0 Å². The minimum atomic E-state index is -4.85. The van der Waals surface area contributed by atoms with Crippen molar-refractivity contribution in [2.24, 2.45) is 0 Å². The van der Waals surface area contributed by atoms with E-state index in [0.717, 1.165) is 0 Å². The lowest BCUT2D eigenvalue weighted by Crippen LogP contribution is -2.26. The third-order valence-corrected chi connectivity index (χ3v) is 6.83. The monoisotopic (exact) mass is 641 g/mol.